The van der Waals surface area contributed by atoms with Crippen LogP contribution in [0.3, 0.4) is 0 Å². The number of nitrogens with zero attached hydrogens (tertiary/aromatic N) is 3. The fourth-order valence-corrected chi connectivity index (χ4v) is 3.68. The third-order valence-corrected chi connectivity index (χ3v) is 5.82. The number of aromatic nitrogens is 3. The molecule has 14 nitrogen and oxygen atoms in total. The van der Waals surface area contributed by atoms with Gasteiger partial charge in [0, 0.05) is 28.1 Å². The first-order chi connectivity index (χ1) is 21.0. The number of rotatable bonds is 12. The van der Waals surface area contributed by atoms with Gasteiger partial charge >= 0.3 is 118 Å². The standard InChI is InChI=1S/C30H23N5O9.4Na/c1-44-21-12-6-18(7-13-21)24-33-29(31-19-8-2-16(3-9-19)14-22(25(36)37)26(38)39)35-30(34-24)32-20-10-4-17(5-11-20)15-23(27(40)41)28(42)43;;;;/h2-15H,1H3,(H,36,37)(H,38,39)(H,40,41)(H,42,43)(H2,31,32,33,34,35);;;;/q;4*+1/p-4. The zero-order valence-electron chi connectivity index (χ0n) is 26.6. The van der Waals surface area contributed by atoms with Crippen LogP contribution in [0, 0.1) is 0 Å². The summed E-state index contributed by atoms with van der Waals surface area (Å²) in [6.07, 6.45) is 1.81. The molecular formula is C30H19N5Na4O9. The maximum absolute atomic E-state index is 11.0. The second-order valence-corrected chi connectivity index (χ2v) is 8.79. The van der Waals surface area contributed by atoms with Crippen molar-refractivity contribution in [2.45, 2.75) is 0 Å². The van der Waals surface area contributed by atoms with Gasteiger partial charge in [-0.05, 0) is 71.8 Å². The van der Waals surface area contributed by atoms with E-state index in [0.717, 1.165) is 12.2 Å². The van der Waals surface area contributed by atoms with Gasteiger partial charge in [-0.1, -0.05) is 24.3 Å². The minimum Gasteiger partial charge on any atom is -0.545 e. The molecule has 3 aromatic carbocycles. The van der Waals surface area contributed by atoms with E-state index in [9.17, 15) is 39.6 Å². The number of hydrogen-bond acceptors (Lipinski definition) is 14. The molecule has 18 heteroatoms. The van der Waals surface area contributed by atoms with E-state index in [1.807, 2.05) is 0 Å². The van der Waals surface area contributed by atoms with Crippen LogP contribution in [-0.2, 0) is 19.2 Å². The number of benzene rings is 3. The maximum Gasteiger partial charge on any atom is 1.00 e. The van der Waals surface area contributed by atoms with E-state index >= 15 is 0 Å². The Kier molecular flexibility index (Phi) is 20.4. The van der Waals surface area contributed by atoms with Crippen LogP contribution in [-0.4, -0.2) is 45.9 Å². The molecule has 0 unspecified atom stereocenters. The van der Waals surface area contributed by atoms with Crippen molar-refractivity contribution in [3.05, 3.63) is 95.1 Å². The van der Waals surface area contributed by atoms with E-state index < -0.39 is 35.0 Å². The molecule has 0 aliphatic heterocycles. The van der Waals surface area contributed by atoms with Crippen LogP contribution < -0.4 is 154 Å². The summed E-state index contributed by atoms with van der Waals surface area (Å²) in [5, 5.41) is 50.1. The van der Waals surface area contributed by atoms with Crippen LogP contribution in [0.5, 0.6) is 5.75 Å². The van der Waals surface area contributed by atoms with Crippen LogP contribution in [0.4, 0.5) is 23.3 Å². The van der Waals surface area contributed by atoms with Crippen molar-refractivity contribution in [2.75, 3.05) is 17.7 Å². The summed E-state index contributed by atoms with van der Waals surface area (Å²) < 4.78 is 5.20. The molecule has 0 saturated heterocycles. The Morgan fingerprint density at radius 3 is 1.23 bits per heavy atom. The van der Waals surface area contributed by atoms with Crippen molar-refractivity contribution in [2.24, 2.45) is 0 Å². The smallest absolute Gasteiger partial charge is 0.545 e. The fourth-order valence-electron chi connectivity index (χ4n) is 3.68. The number of aliphatic carboxylic acids is 4. The summed E-state index contributed by atoms with van der Waals surface area (Å²) in [5.74, 6) is -6.42. The number of carbonyl (C=O) groups excluding carboxylic acids is 4. The van der Waals surface area contributed by atoms with Gasteiger partial charge in [-0.2, -0.15) is 15.0 Å². The zero-order valence-corrected chi connectivity index (χ0v) is 34.6. The monoisotopic (exact) mass is 685 g/mol. The van der Waals surface area contributed by atoms with Gasteiger partial charge in [0.1, 0.15) is 5.75 Å². The first-order valence-corrected chi connectivity index (χ1v) is 12.5. The second-order valence-electron chi connectivity index (χ2n) is 8.79. The molecule has 1 heterocycles. The molecule has 1 aromatic heterocycles. The van der Waals surface area contributed by atoms with Crippen LogP contribution >= 0.6 is 0 Å². The van der Waals surface area contributed by atoms with Crippen LogP contribution in [0.25, 0.3) is 23.5 Å². The summed E-state index contributed by atoms with van der Waals surface area (Å²) in [4.78, 5) is 57.4. The Hall–Kier alpha value is -2.57. The normalized spacial score (nSPS) is 9.35. The molecule has 0 spiro atoms. The third-order valence-electron chi connectivity index (χ3n) is 5.82. The van der Waals surface area contributed by atoms with Gasteiger partial charge in [-0.15, -0.1) is 0 Å². The Balaban J connectivity index is 0.00000552. The van der Waals surface area contributed by atoms with Crippen molar-refractivity contribution in [3.8, 4) is 17.1 Å². The predicted octanol–water partition coefficient (Wildman–Crippen LogP) is -13.2. The summed E-state index contributed by atoms with van der Waals surface area (Å²) in [5.41, 5.74) is 0.0681. The van der Waals surface area contributed by atoms with Crippen molar-refractivity contribution >= 4 is 59.3 Å². The van der Waals surface area contributed by atoms with Crippen molar-refractivity contribution in [1.82, 2.24) is 15.0 Å². The number of hydrogen-bond donors (Lipinski definition) is 2. The molecule has 48 heavy (non-hydrogen) atoms. The number of anilines is 4. The van der Waals surface area contributed by atoms with E-state index in [0.29, 0.717) is 22.7 Å². The quantitative estimate of drug-likeness (QED) is 0.0611. The van der Waals surface area contributed by atoms with E-state index in [1.54, 1.807) is 24.3 Å². The van der Waals surface area contributed by atoms with Crippen molar-refractivity contribution < 1.29 is 163 Å². The number of ether oxygens (including phenoxy) is 1. The molecule has 0 radical (unpaired) electrons. The first kappa shape index (κ1) is 45.4. The van der Waals surface area contributed by atoms with Gasteiger partial charge in [0.2, 0.25) is 11.9 Å². The molecule has 0 saturated carbocycles. The molecule has 0 aliphatic carbocycles. The van der Waals surface area contributed by atoms with Crippen molar-refractivity contribution in [3.63, 3.8) is 0 Å². The molecule has 0 aliphatic rings. The zero-order chi connectivity index (χ0) is 31.8. The second kappa shape index (κ2) is 21.5. The van der Waals surface area contributed by atoms with E-state index in [2.05, 4.69) is 25.6 Å². The van der Waals surface area contributed by atoms with Gasteiger partial charge in [-0.25, -0.2) is 0 Å². The van der Waals surface area contributed by atoms with Gasteiger partial charge in [0.25, 0.3) is 0 Å². The molecule has 222 valence electrons. The minimum absolute atomic E-state index is 0. The summed E-state index contributed by atoms with van der Waals surface area (Å²) in [6.45, 7) is 0. The summed E-state index contributed by atoms with van der Waals surface area (Å²) in [6, 6.07) is 18.9. The number of carbonyl (C=O) groups is 4. The molecule has 4 aromatic rings. The fraction of sp³-hybridized carbons (Fsp3) is 0.0333. The SMILES string of the molecule is COc1ccc(-c2nc(Nc3ccc(C=C(C(=O)[O-])C(=O)[O-])cc3)nc(Nc3ccc(C=C(C(=O)[O-])C(=O)[O-])cc3)n2)cc1.[Na+].[Na+].[Na+].[Na+]. The Labute approximate surface area is 362 Å². The Bertz CT molecular complexity index is 1670. The molecule has 2 N–H and O–H groups in total. The minimum atomic E-state index is -1.88. The van der Waals surface area contributed by atoms with Crippen LogP contribution in [0.1, 0.15) is 11.1 Å². The number of carboxylic acids is 4. The van der Waals surface area contributed by atoms with Gasteiger partial charge in [0.05, 0.1) is 31.0 Å². The average Bonchev–Trinajstić information content (AvgIpc) is 2.99. The van der Waals surface area contributed by atoms with Gasteiger partial charge in [0.15, 0.2) is 5.82 Å². The topological polar surface area (TPSA) is 232 Å². The average molecular weight is 685 g/mol. The number of carboxylic acid groups (broad SMARTS) is 4. The number of nitrogens with one attached hydrogen (secondary N) is 2. The molecule has 0 bridgehead atoms. The summed E-state index contributed by atoms with van der Waals surface area (Å²) >= 11 is 0. The first-order valence-electron chi connectivity index (χ1n) is 12.5. The van der Waals surface area contributed by atoms with Gasteiger partial charge in [-0.3, -0.25) is 0 Å². The predicted molar refractivity (Wildman–Crippen MR) is 147 cm³/mol. The van der Waals surface area contributed by atoms with Crippen molar-refractivity contribution in [1.29, 1.82) is 0 Å². The molecular weight excluding hydrogens is 666 g/mol. The Morgan fingerprint density at radius 1 is 0.562 bits per heavy atom. The van der Waals surface area contributed by atoms with E-state index in [1.165, 1.54) is 55.6 Å². The molecule has 0 atom stereocenters. The van der Waals surface area contributed by atoms with Crippen LogP contribution in [0.2, 0.25) is 0 Å². The number of methoxy groups -OCH3 is 1. The largest absolute Gasteiger partial charge is 1.00 e. The molecule has 0 amide bonds. The van der Waals surface area contributed by atoms with Gasteiger partial charge < -0.3 is 55.0 Å². The van der Waals surface area contributed by atoms with E-state index in [4.69, 9.17) is 4.74 Å². The molecule has 0 fully saturated rings. The van der Waals surface area contributed by atoms with Crippen LogP contribution in [0.15, 0.2) is 83.9 Å². The third kappa shape index (κ3) is 13.0. The molecule has 4 rings (SSSR count). The van der Waals surface area contributed by atoms with E-state index in [-0.39, 0.29) is 147 Å². The Morgan fingerprint density at radius 2 is 0.917 bits per heavy atom. The maximum atomic E-state index is 11.0. The summed E-state index contributed by atoms with van der Waals surface area (Å²) in [7, 11) is 1.53.